The van der Waals surface area contributed by atoms with Crippen LogP contribution in [0, 0.1) is 12.8 Å². The third-order valence-corrected chi connectivity index (χ3v) is 6.26. The van der Waals surface area contributed by atoms with E-state index in [1.165, 1.54) is 4.31 Å². The van der Waals surface area contributed by atoms with E-state index in [0.717, 1.165) is 0 Å². The summed E-state index contributed by atoms with van der Waals surface area (Å²) in [5.41, 5.74) is 1.10. The van der Waals surface area contributed by atoms with Crippen molar-refractivity contribution in [3.8, 4) is 0 Å². The normalized spacial score (nSPS) is 17.2. The predicted molar refractivity (Wildman–Crippen MR) is 93.5 cm³/mol. The Bertz CT molecular complexity index is 888. The average Bonchev–Trinajstić information content (AvgIpc) is 2.77. The van der Waals surface area contributed by atoms with E-state index in [9.17, 15) is 13.2 Å². The van der Waals surface area contributed by atoms with E-state index in [0.29, 0.717) is 49.6 Å². The molecule has 2 heterocycles. The lowest BCUT2D eigenvalue weighted by molar-refractivity contribution is -0.134. The first kappa shape index (κ1) is 17.9. The fourth-order valence-corrected chi connectivity index (χ4v) is 4.54. The SMILES string of the molecule is Cc1nc2cc(S(=O)(=O)N3CCCN(C(=O)C(C)C)CC3)ccc2o1. The molecule has 0 bridgehead atoms. The number of benzene rings is 1. The van der Waals surface area contributed by atoms with Crippen LogP contribution in [0.4, 0.5) is 0 Å². The Labute approximate surface area is 147 Å². The number of carbonyl (C=O) groups is 1. The van der Waals surface area contributed by atoms with Gasteiger partial charge < -0.3 is 9.32 Å². The number of rotatable bonds is 3. The Morgan fingerprint density at radius 3 is 2.68 bits per heavy atom. The second kappa shape index (κ2) is 6.76. The van der Waals surface area contributed by atoms with Gasteiger partial charge in [-0.2, -0.15) is 4.31 Å². The minimum absolute atomic E-state index is 0.0683. The highest BCUT2D eigenvalue weighted by molar-refractivity contribution is 7.89. The van der Waals surface area contributed by atoms with Gasteiger partial charge in [-0.1, -0.05) is 13.8 Å². The Balaban J connectivity index is 1.82. The minimum Gasteiger partial charge on any atom is -0.441 e. The molecule has 1 saturated heterocycles. The fraction of sp³-hybridized carbons (Fsp3) is 0.529. The van der Waals surface area contributed by atoms with E-state index >= 15 is 0 Å². The standard InChI is InChI=1S/C17H23N3O4S/c1-12(2)17(21)19-7-4-8-20(10-9-19)25(22,23)14-5-6-16-15(11-14)18-13(3)24-16/h5-6,11-12H,4,7-10H2,1-3H3. The van der Waals surface area contributed by atoms with Gasteiger partial charge in [0.25, 0.3) is 0 Å². The molecule has 0 spiro atoms. The fourth-order valence-electron chi connectivity index (χ4n) is 3.05. The van der Waals surface area contributed by atoms with Crippen LogP contribution in [0.25, 0.3) is 11.1 Å². The highest BCUT2D eigenvalue weighted by Crippen LogP contribution is 2.23. The molecule has 0 N–H and O–H groups in total. The Morgan fingerprint density at radius 2 is 1.96 bits per heavy atom. The van der Waals surface area contributed by atoms with E-state index in [1.807, 2.05) is 13.8 Å². The first-order valence-electron chi connectivity index (χ1n) is 8.45. The maximum absolute atomic E-state index is 13.0. The number of amides is 1. The van der Waals surface area contributed by atoms with Gasteiger partial charge in [0.1, 0.15) is 5.52 Å². The largest absolute Gasteiger partial charge is 0.441 e. The van der Waals surface area contributed by atoms with Crippen LogP contribution in [-0.4, -0.2) is 54.7 Å². The highest BCUT2D eigenvalue weighted by atomic mass is 32.2. The molecule has 1 aromatic heterocycles. The smallest absolute Gasteiger partial charge is 0.243 e. The van der Waals surface area contributed by atoms with E-state index in [2.05, 4.69) is 4.98 Å². The topological polar surface area (TPSA) is 83.7 Å². The van der Waals surface area contributed by atoms with Gasteiger partial charge in [-0.15, -0.1) is 0 Å². The molecule has 8 heteroatoms. The molecule has 7 nitrogen and oxygen atoms in total. The summed E-state index contributed by atoms with van der Waals surface area (Å²) in [6.07, 6.45) is 0.628. The minimum atomic E-state index is -3.62. The number of sulfonamides is 1. The molecule has 25 heavy (non-hydrogen) atoms. The number of fused-ring (bicyclic) bond motifs is 1. The first-order valence-corrected chi connectivity index (χ1v) is 9.89. The first-order chi connectivity index (χ1) is 11.8. The number of aryl methyl sites for hydroxylation is 1. The summed E-state index contributed by atoms with van der Waals surface area (Å²) in [5.74, 6) is 0.488. The van der Waals surface area contributed by atoms with Crippen LogP contribution in [0.5, 0.6) is 0 Å². The van der Waals surface area contributed by atoms with Crippen molar-refractivity contribution >= 4 is 27.0 Å². The number of nitrogens with zero attached hydrogens (tertiary/aromatic N) is 3. The van der Waals surface area contributed by atoms with Gasteiger partial charge >= 0.3 is 0 Å². The molecule has 0 unspecified atom stereocenters. The van der Waals surface area contributed by atoms with Gasteiger partial charge in [0, 0.05) is 39.0 Å². The molecule has 0 saturated carbocycles. The third kappa shape index (κ3) is 3.55. The summed E-state index contributed by atoms with van der Waals surface area (Å²) < 4.78 is 32.8. The zero-order valence-electron chi connectivity index (χ0n) is 14.7. The van der Waals surface area contributed by atoms with Crippen LogP contribution in [0.15, 0.2) is 27.5 Å². The lowest BCUT2D eigenvalue weighted by atomic mass is 10.2. The van der Waals surface area contributed by atoms with E-state index in [1.54, 1.807) is 30.0 Å². The quantitative estimate of drug-likeness (QED) is 0.831. The van der Waals surface area contributed by atoms with Crippen molar-refractivity contribution in [2.75, 3.05) is 26.2 Å². The highest BCUT2D eigenvalue weighted by Gasteiger charge is 2.29. The molecule has 0 radical (unpaired) electrons. The van der Waals surface area contributed by atoms with Gasteiger partial charge in [0.15, 0.2) is 11.5 Å². The number of hydrogen-bond donors (Lipinski definition) is 0. The Hall–Kier alpha value is -1.93. The van der Waals surface area contributed by atoms with E-state index in [4.69, 9.17) is 4.42 Å². The van der Waals surface area contributed by atoms with Crippen LogP contribution < -0.4 is 0 Å². The summed E-state index contributed by atoms with van der Waals surface area (Å²) in [7, 11) is -3.62. The summed E-state index contributed by atoms with van der Waals surface area (Å²) >= 11 is 0. The average molecular weight is 365 g/mol. The van der Waals surface area contributed by atoms with Crippen molar-refractivity contribution in [2.45, 2.75) is 32.1 Å². The molecule has 2 aromatic rings. The number of carbonyl (C=O) groups excluding carboxylic acids is 1. The van der Waals surface area contributed by atoms with Gasteiger partial charge in [-0.25, -0.2) is 13.4 Å². The van der Waals surface area contributed by atoms with Gasteiger partial charge in [0.05, 0.1) is 4.90 Å². The van der Waals surface area contributed by atoms with Crippen molar-refractivity contribution in [1.29, 1.82) is 0 Å². The monoisotopic (exact) mass is 365 g/mol. The summed E-state index contributed by atoms with van der Waals surface area (Å²) in [4.78, 5) is 18.3. The van der Waals surface area contributed by atoms with E-state index in [-0.39, 0.29) is 16.7 Å². The summed E-state index contributed by atoms with van der Waals surface area (Å²) in [6.45, 7) is 7.15. The lowest BCUT2D eigenvalue weighted by Gasteiger charge is -2.23. The zero-order valence-corrected chi connectivity index (χ0v) is 15.5. The van der Waals surface area contributed by atoms with Crippen LogP contribution in [-0.2, 0) is 14.8 Å². The second-order valence-electron chi connectivity index (χ2n) is 6.60. The molecule has 1 amide bonds. The Kier molecular flexibility index (Phi) is 4.83. The summed E-state index contributed by atoms with van der Waals surface area (Å²) in [5, 5.41) is 0. The molecule has 0 aliphatic carbocycles. The molecule has 1 fully saturated rings. The van der Waals surface area contributed by atoms with Crippen molar-refractivity contribution in [3.05, 3.63) is 24.1 Å². The van der Waals surface area contributed by atoms with Crippen molar-refractivity contribution in [2.24, 2.45) is 5.92 Å². The molecule has 1 aliphatic rings. The molecular formula is C17H23N3O4S. The number of oxazole rings is 1. The maximum Gasteiger partial charge on any atom is 0.243 e. The lowest BCUT2D eigenvalue weighted by Crippen LogP contribution is -2.38. The van der Waals surface area contributed by atoms with Crippen LogP contribution in [0.1, 0.15) is 26.2 Å². The van der Waals surface area contributed by atoms with E-state index < -0.39 is 10.0 Å². The van der Waals surface area contributed by atoms with Gasteiger partial charge in [-0.05, 0) is 24.6 Å². The molecular weight excluding hydrogens is 342 g/mol. The van der Waals surface area contributed by atoms with Crippen molar-refractivity contribution < 1.29 is 17.6 Å². The molecule has 0 atom stereocenters. The number of aromatic nitrogens is 1. The zero-order chi connectivity index (χ0) is 18.2. The molecule has 1 aliphatic heterocycles. The third-order valence-electron chi connectivity index (χ3n) is 4.36. The molecule has 136 valence electrons. The maximum atomic E-state index is 13.0. The van der Waals surface area contributed by atoms with Crippen LogP contribution in [0.3, 0.4) is 0 Å². The van der Waals surface area contributed by atoms with Crippen molar-refractivity contribution in [1.82, 2.24) is 14.2 Å². The molecule has 3 rings (SSSR count). The number of hydrogen-bond acceptors (Lipinski definition) is 5. The van der Waals surface area contributed by atoms with Crippen LogP contribution >= 0.6 is 0 Å². The van der Waals surface area contributed by atoms with Crippen LogP contribution in [0.2, 0.25) is 0 Å². The predicted octanol–water partition coefficient (Wildman–Crippen LogP) is 2.02. The van der Waals surface area contributed by atoms with Crippen molar-refractivity contribution in [3.63, 3.8) is 0 Å². The second-order valence-corrected chi connectivity index (χ2v) is 8.54. The van der Waals surface area contributed by atoms with Gasteiger partial charge in [0.2, 0.25) is 15.9 Å². The Morgan fingerprint density at radius 1 is 1.20 bits per heavy atom. The summed E-state index contributed by atoms with van der Waals surface area (Å²) in [6, 6.07) is 4.72. The molecule has 1 aromatic carbocycles. The van der Waals surface area contributed by atoms with Gasteiger partial charge in [-0.3, -0.25) is 4.79 Å².